The molecule has 2 aromatic heterocycles. The predicted octanol–water partition coefficient (Wildman–Crippen LogP) is 2.82. The third-order valence-corrected chi connectivity index (χ3v) is 4.38. The number of pyridine rings is 1. The number of hydrogen-bond acceptors (Lipinski definition) is 4. The topological polar surface area (TPSA) is 80.0 Å². The van der Waals surface area contributed by atoms with Crippen molar-refractivity contribution in [1.82, 2.24) is 14.5 Å². The zero-order valence-corrected chi connectivity index (χ0v) is 13.4. The Morgan fingerprint density at radius 1 is 1.38 bits per heavy atom. The van der Waals surface area contributed by atoms with Gasteiger partial charge in [0.2, 0.25) is 0 Å². The van der Waals surface area contributed by atoms with E-state index in [2.05, 4.69) is 19.9 Å². The Morgan fingerprint density at radius 3 is 2.96 bits per heavy atom. The van der Waals surface area contributed by atoms with Crippen molar-refractivity contribution in [2.45, 2.75) is 32.4 Å². The minimum absolute atomic E-state index is 0.125. The molecule has 122 valence electrons. The molecule has 0 atom stereocenters. The van der Waals surface area contributed by atoms with Gasteiger partial charge in [0.25, 0.3) is 5.91 Å². The third-order valence-electron chi connectivity index (χ3n) is 4.38. The van der Waals surface area contributed by atoms with Crippen LogP contribution in [0.5, 0.6) is 0 Å². The number of imidazole rings is 1. The van der Waals surface area contributed by atoms with Crippen LogP contribution in [0.25, 0.3) is 11.2 Å². The molecule has 0 radical (unpaired) electrons. The number of aliphatic hydroxyl groups is 1. The van der Waals surface area contributed by atoms with Crippen molar-refractivity contribution in [2.24, 2.45) is 0 Å². The Kier molecular flexibility index (Phi) is 3.54. The van der Waals surface area contributed by atoms with Crippen LogP contribution < -0.4 is 5.32 Å². The van der Waals surface area contributed by atoms with Crippen molar-refractivity contribution in [3.63, 3.8) is 0 Å². The lowest BCUT2D eigenvalue weighted by Gasteiger charge is -2.12. The lowest BCUT2D eigenvalue weighted by atomic mass is 10.1. The van der Waals surface area contributed by atoms with E-state index in [0.717, 1.165) is 29.6 Å². The SMILES string of the molecule is Cc1cccc(CO)c1NC(=O)c1cnc2c(c1)ncn2C1CC1. The van der Waals surface area contributed by atoms with E-state index in [1.807, 2.05) is 19.1 Å². The number of rotatable bonds is 4. The number of aryl methyl sites for hydroxylation is 1. The molecule has 6 nitrogen and oxygen atoms in total. The predicted molar refractivity (Wildman–Crippen MR) is 90.9 cm³/mol. The first-order valence-electron chi connectivity index (χ1n) is 8.00. The van der Waals surface area contributed by atoms with Gasteiger partial charge in [-0.15, -0.1) is 0 Å². The summed E-state index contributed by atoms with van der Waals surface area (Å²) < 4.78 is 2.07. The van der Waals surface area contributed by atoms with Crippen molar-refractivity contribution in [1.29, 1.82) is 0 Å². The van der Waals surface area contributed by atoms with Crippen LogP contribution in [0, 0.1) is 6.92 Å². The van der Waals surface area contributed by atoms with Gasteiger partial charge in [0.05, 0.1) is 18.5 Å². The number of aromatic nitrogens is 3. The van der Waals surface area contributed by atoms with Crippen LogP contribution in [-0.4, -0.2) is 25.5 Å². The van der Waals surface area contributed by atoms with E-state index in [1.165, 1.54) is 0 Å². The monoisotopic (exact) mass is 322 g/mol. The van der Waals surface area contributed by atoms with E-state index in [4.69, 9.17) is 0 Å². The Morgan fingerprint density at radius 2 is 2.21 bits per heavy atom. The fraction of sp³-hybridized carbons (Fsp3) is 0.278. The lowest BCUT2D eigenvalue weighted by Crippen LogP contribution is -2.15. The van der Waals surface area contributed by atoms with Crippen molar-refractivity contribution in [2.75, 3.05) is 5.32 Å². The number of amides is 1. The molecule has 1 saturated carbocycles. The van der Waals surface area contributed by atoms with Crippen LogP contribution >= 0.6 is 0 Å². The van der Waals surface area contributed by atoms with Crippen LogP contribution in [0.4, 0.5) is 5.69 Å². The number of carbonyl (C=O) groups excluding carboxylic acids is 1. The summed E-state index contributed by atoms with van der Waals surface area (Å²) in [5.41, 5.74) is 4.24. The van der Waals surface area contributed by atoms with E-state index in [0.29, 0.717) is 22.9 Å². The van der Waals surface area contributed by atoms with Crippen molar-refractivity contribution in [3.8, 4) is 0 Å². The second kappa shape index (κ2) is 5.72. The Balaban J connectivity index is 1.64. The van der Waals surface area contributed by atoms with E-state index in [-0.39, 0.29) is 12.5 Å². The molecule has 3 aromatic rings. The molecule has 0 unspecified atom stereocenters. The zero-order valence-electron chi connectivity index (χ0n) is 13.4. The average Bonchev–Trinajstić information content (AvgIpc) is 3.35. The molecule has 24 heavy (non-hydrogen) atoms. The lowest BCUT2D eigenvalue weighted by molar-refractivity contribution is 0.102. The van der Waals surface area contributed by atoms with Gasteiger partial charge in [0.1, 0.15) is 5.52 Å². The molecule has 6 heteroatoms. The van der Waals surface area contributed by atoms with Crippen LogP contribution in [0.1, 0.15) is 40.4 Å². The maximum absolute atomic E-state index is 12.6. The summed E-state index contributed by atoms with van der Waals surface area (Å²) in [6, 6.07) is 7.80. The third kappa shape index (κ3) is 2.55. The average molecular weight is 322 g/mol. The molecule has 1 amide bonds. The molecule has 0 spiro atoms. The van der Waals surface area contributed by atoms with Crippen LogP contribution in [-0.2, 0) is 6.61 Å². The highest BCUT2D eigenvalue weighted by Gasteiger charge is 2.25. The number of hydrogen-bond donors (Lipinski definition) is 2. The van der Waals surface area contributed by atoms with Gasteiger partial charge in [-0.2, -0.15) is 0 Å². The van der Waals surface area contributed by atoms with Gasteiger partial charge in [-0.25, -0.2) is 9.97 Å². The van der Waals surface area contributed by atoms with E-state index < -0.39 is 0 Å². The van der Waals surface area contributed by atoms with E-state index >= 15 is 0 Å². The number of nitrogens with zero attached hydrogens (tertiary/aromatic N) is 3. The van der Waals surface area contributed by atoms with Gasteiger partial charge in [-0.05, 0) is 31.4 Å². The molecular weight excluding hydrogens is 304 g/mol. The number of anilines is 1. The zero-order chi connectivity index (χ0) is 16.7. The van der Waals surface area contributed by atoms with E-state index in [1.54, 1.807) is 24.7 Å². The van der Waals surface area contributed by atoms with Gasteiger partial charge in [-0.1, -0.05) is 18.2 Å². The molecule has 1 aliphatic carbocycles. The fourth-order valence-corrected chi connectivity index (χ4v) is 2.89. The smallest absolute Gasteiger partial charge is 0.257 e. The number of para-hydroxylation sites is 1. The van der Waals surface area contributed by atoms with Crippen LogP contribution in [0.15, 0.2) is 36.8 Å². The second-order valence-electron chi connectivity index (χ2n) is 6.17. The largest absolute Gasteiger partial charge is 0.392 e. The highest BCUT2D eigenvalue weighted by atomic mass is 16.3. The molecule has 2 N–H and O–H groups in total. The standard InChI is InChI=1S/C18H18N4O2/c1-11-3-2-4-12(9-23)16(11)21-18(24)13-7-15-17(19-8-13)22(10-20-15)14-5-6-14/h2-4,7-8,10,14,23H,5-6,9H2,1H3,(H,21,24). The first-order chi connectivity index (χ1) is 11.7. The first kappa shape index (κ1) is 14.8. The summed E-state index contributed by atoms with van der Waals surface area (Å²) in [6.45, 7) is 1.77. The van der Waals surface area contributed by atoms with Crippen LogP contribution in [0.2, 0.25) is 0 Å². The summed E-state index contributed by atoms with van der Waals surface area (Å²) in [4.78, 5) is 21.3. The normalized spacial score (nSPS) is 14.1. The minimum Gasteiger partial charge on any atom is -0.392 e. The molecule has 1 aromatic carbocycles. The molecule has 2 heterocycles. The fourth-order valence-electron chi connectivity index (χ4n) is 2.89. The van der Waals surface area contributed by atoms with Crippen LogP contribution in [0.3, 0.4) is 0 Å². The Bertz CT molecular complexity index is 928. The van der Waals surface area contributed by atoms with Gasteiger partial charge >= 0.3 is 0 Å². The molecule has 0 bridgehead atoms. The van der Waals surface area contributed by atoms with Gasteiger partial charge in [0.15, 0.2) is 5.65 Å². The van der Waals surface area contributed by atoms with Gasteiger partial charge < -0.3 is 15.0 Å². The Hall–Kier alpha value is -2.73. The highest BCUT2D eigenvalue weighted by molar-refractivity contribution is 6.06. The summed E-state index contributed by atoms with van der Waals surface area (Å²) in [5, 5.41) is 12.3. The minimum atomic E-state index is -0.255. The molecule has 0 aliphatic heterocycles. The van der Waals surface area contributed by atoms with Crippen molar-refractivity contribution < 1.29 is 9.90 Å². The molecule has 4 rings (SSSR count). The Labute approximate surface area is 139 Å². The maximum atomic E-state index is 12.6. The summed E-state index contributed by atoms with van der Waals surface area (Å²) in [5.74, 6) is -0.255. The quantitative estimate of drug-likeness (QED) is 0.774. The molecule has 0 saturated heterocycles. The second-order valence-corrected chi connectivity index (χ2v) is 6.17. The van der Waals surface area contributed by atoms with Gasteiger partial charge in [-0.3, -0.25) is 4.79 Å². The van der Waals surface area contributed by atoms with Crippen molar-refractivity contribution in [3.05, 3.63) is 53.5 Å². The highest BCUT2D eigenvalue weighted by Crippen LogP contribution is 2.36. The summed E-state index contributed by atoms with van der Waals surface area (Å²) >= 11 is 0. The number of benzene rings is 1. The molecule has 1 fully saturated rings. The maximum Gasteiger partial charge on any atom is 0.257 e. The number of carbonyl (C=O) groups is 1. The van der Waals surface area contributed by atoms with Gasteiger partial charge in [0, 0.05) is 23.5 Å². The van der Waals surface area contributed by atoms with Crippen molar-refractivity contribution >= 4 is 22.8 Å². The molecular formula is C18H18N4O2. The summed E-state index contributed by atoms with van der Waals surface area (Å²) in [7, 11) is 0. The number of aliphatic hydroxyl groups excluding tert-OH is 1. The van der Waals surface area contributed by atoms with E-state index in [9.17, 15) is 9.90 Å². The number of nitrogens with one attached hydrogen (secondary N) is 1. The number of fused-ring (bicyclic) bond motifs is 1. The summed E-state index contributed by atoms with van der Waals surface area (Å²) in [6.07, 6.45) is 5.69. The molecule has 1 aliphatic rings. The first-order valence-corrected chi connectivity index (χ1v) is 8.00.